The van der Waals surface area contributed by atoms with Crippen LogP contribution in [0.15, 0.2) is 53.6 Å². The molecule has 0 aliphatic heterocycles. The lowest BCUT2D eigenvalue weighted by Crippen LogP contribution is -2.14. The number of nitrogens with zero attached hydrogens (tertiary/aromatic N) is 4. The number of hydrogen-bond donors (Lipinski definition) is 3. The van der Waals surface area contributed by atoms with Gasteiger partial charge in [-0.25, -0.2) is 22.9 Å². The number of rotatable bonds is 5. The summed E-state index contributed by atoms with van der Waals surface area (Å²) in [7, 11) is -2.09. The number of nitrogens with two attached hydrogens (primary N) is 1. The summed E-state index contributed by atoms with van der Waals surface area (Å²) in [5.41, 5.74) is 2.95. The van der Waals surface area contributed by atoms with Gasteiger partial charge in [-0.15, -0.1) is 0 Å². The first-order valence-corrected chi connectivity index (χ1v) is 10.4. The van der Waals surface area contributed by atoms with E-state index in [1.165, 1.54) is 24.3 Å². The molecule has 0 unspecified atom stereocenters. The fraction of sp³-hybridized carbons (Fsp3) is 0.105. The van der Waals surface area contributed by atoms with Gasteiger partial charge in [-0.3, -0.25) is 5.10 Å². The van der Waals surface area contributed by atoms with Gasteiger partial charge in [0.1, 0.15) is 0 Å². The van der Waals surface area contributed by atoms with E-state index < -0.39 is 15.8 Å². The van der Waals surface area contributed by atoms with Crippen LogP contribution in [-0.2, 0) is 10.0 Å². The van der Waals surface area contributed by atoms with Crippen molar-refractivity contribution in [1.82, 2.24) is 20.2 Å². The van der Waals surface area contributed by atoms with Crippen molar-refractivity contribution in [3.8, 4) is 0 Å². The van der Waals surface area contributed by atoms with Crippen molar-refractivity contribution in [2.24, 2.45) is 5.14 Å². The van der Waals surface area contributed by atoms with Gasteiger partial charge < -0.3 is 10.2 Å². The molecule has 2 heterocycles. The van der Waals surface area contributed by atoms with Gasteiger partial charge in [0.15, 0.2) is 11.6 Å². The molecule has 4 rings (SSSR count). The van der Waals surface area contributed by atoms with E-state index in [1.54, 1.807) is 11.9 Å². The van der Waals surface area contributed by atoms with Crippen LogP contribution in [-0.4, -0.2) is 35.6 Å². The SMILES string of the molecule is Cc1n[nH]c2cc(N(C)c3nc(Nc4ccc(S(N)(=O)=O)cc4)ncc3F)ccc12. The highest BCUT2D eigenvalue weighted by molar-refractivity contribution is 7.89. The number of nitrogens with one attached hydrogen (secondary N) is 2. The van der Waals surface area contributed by atoms with Gasteiger partial charge in [-0.05, 0) is 49.4 Å². The molecule has 4 aromatic rings. The van der Waals surface area contributed by atoms with E-state index in [1.807, 2.05) is 25.1 Å². The van der Waals surface area contributed by atoms with E-state index in [0.717, 1.165) is 22.8 Å². The Hall–Kier alpha value is -3.57. The zero-order chi connectivity index (χ0) is 21.5. The van der Waals surface area contributed by atoms with E-state index in [-0.39, 0.29) is 16.7 Å². The molecule has 0 saturated heterocycles. The van der Waals surface area contributed by atoms with Crippen molar-refractivity contribution in [3.63, 3.8) is 0 Å². The van der Waals surface area contributed by atoms with Gasteiger partial charge in [-0.2, -0.15) is 10.1 Å². The molecule has 9 nitrogen and oxygen atoms in total. The highest BCUT2D eigenvalue weighted by Gasteiger charge is 2.15. The van der Waals surface area contributed by atoms with E-state index >= 15 is 0 Å². The number of fused-ring (bicyclic) bond motifs is 1. The number of aromatic amines is 1. The number of primary sulfonamides is 1. The second-order valence-corrected chi connectivity index (χ2v) is 8.22. The van der Waals surface area contributed by atoms with E-state index in [9.17, 15) is 12.8 Å². The number of hydrogen-bond acceptors (Lipinski definition) is 7. The Morgan fingerprint density at radius 1 is 1.17 bits per heavy atom. The van der Waals surface area contributed by atoms with Crippen LogP contribution in [0.1, 0.15) is 5.69 Å². The Morgan fingerprint density at radius 3 is 2.60 bits per heavy atom. The second-order valence-electron chi connectivity index (χ2n) is 6.66. The number of sulfonamides is 1. The average Bonchev–Trinajstić information content (AvgIpc) is 3.09. The van der Waals surface area contributed by atoms with Crippen LogP contribution in [0, 0.1) is 12.7 Å². The maximum atomic E-state index is 14.5. The fourth-order valence-corrected chi connectivity index (χ4v) is 3.50. The molecule has 0 fully saturated rings. The van der Waals surface area contributed by atoms with Gasteiger partial charge in [-0.1, -0.05) is 0 Å². The Balaban J connectivity index is 1.62. The lowest BCUT2D eigenvalue weighted by molar-refractivity contribution is 0.598. The Morgan fingerprint density at radius 2 is 1.90 bits per heavy atom. The summed E-state index contributed by atoms with van der Waals surface area (Å²) in [6.45, 7) is 1.90. The van der Waals surface area contributed by atoms with Gasteiger partial charge in [0.25, 0.3) is 0 Å². The van der Waals surface area contributed by atoms with Gasteiger partial charge >= 0.3 is 0 Å². The molecule has 0 atom stereocenters. The van der Waals surface area contributed by atoms with Crippen molar-refractivity contribution in [2.75, 3.05) is 17.3 Å². The van der Waals surface area contributed by atoms with Crippen molar-refractivity contribution in [1.29, 1.82) is 0 Å². The standard InChI is InChI=1S/C19H18FN7O2S/c1-11-15-8-5-13(9-17(15)26-25-11)27(2)18-16(20)10-22-19(24-18)23-12-3-6-14(7-4-12)30(21,28)29/h3-10H,1-2H3,(H,25,26)(H2,21,28,29)(H,22,23,24). The van der Waals surface area contributed by atoms with E-state index in [4.69, 9.17) is 5.14 Å². The number of H-pyrrole nitrogens is 1. The maximum Gasteiger partial charge on any atom is 0.238 e. The topological polar surface area (TPSA) is 130 Å². The highest BCUT2D eigenvalue weighted by Crippen LogP contribution is 2.28. The van der Waals surface area contributed by atoms with Crippen LogP contribution in [0.5, 0.6) is 0 Å². The number of benzene rings is 2. The van der Waals surface area contributed by atoms with E-state index in [0.29, 0.717) is 11.4 Å². The summed E-state index contributed by atoms with van der Waals surface area (Å²) in [6, 6.07) is 11.4. The molecule has 2 aromatic carbocycles. The van der Waals surface area contributed by atoms with Crippen LogP contribution in [0.4, 0.5) is 27.5 Å². The fourth-order valence-electron chi connectivity index (χ4n) is 2.99. The molecule has 4 N–H and O–H groups in total. The normalized spacial score (nSPS) is 11.6. The van der Waals surface area contributed by atoms with Crippen molar-refractivity contribution in [3.05, 3.63) is 60.2 Å². The van der Waals surface area contributed by atoms with Crippen molar-refractivity contribution < 1.29 is 12.8 Å². The van der Waals surface area contributed by atoms with Gasteiger partial charge in [0.2, 0.25) is 16.0 Å². The second kappa shape index (κ2) is 7.35. The maximum absolute atomic E-state index is 14.5. The molecular weight excluding hydrogens is 409 g/mol. The molecule has 30 heavy (non-hydrogen) atoms. The third kappa shape index (κ3) is 3.80. The molecule has 0 bridgehead atoms. The molecule has 0 aliphatic carbocycles. The third-order valence-electron chi connectivity index (χ3n) is 4.61. The monoisotopic (exact) mass is 427 g/mol. The third-order valence-corrected chi connectivity index (χ3v) is 5.54. The highest BCUT2D eigenvalue weighted by atomic mass is 32.2. The first-order valence-electron chi connectivity index (χ1n) is 8.83. The smallest absolute Gasteiger partial charge is 0.238 e. The number of aryl methyl sites for hydroxylation is 1. The predicted octanol–water partition coefficient (Wildman–Crippen LogP) is 2.96. The zero-order valence-corrected chi connectivity index (χ0v) is 16.9. The average molecular weight is 427 g/mol. The minimum absolute atomic E-state index is 0.0158. The molecular formula is C19H18FN7O2S. The van der Waals surface area contributed by atoms with Gasteiger partial charge in [0, 0.05) is 23.8 Å². The summed E-state index contributed by atoms with van der Waals surface area (Å²) in [4.78, 5) is 9.80. The number of aromatic nitrogens is 4. The minimum Gasteiger partial charge on any atom is -0.327 e. The molecule has 0 aliphatic rings. The van der Waals surface area contributed by atoms with Crippen LogP contribution >= 0.6 is 0 Å². The molecule has 0 radical (unpaired) electrons. The lowest BCUT2D eigenvalue weighted by atomic mass is 10.2. The van der Waals surface area contributed by atoms with Crippen molar-refractivity contribution >= 4 is 44.1 Å². The summed E-state index contributed by atoms with van der Waals surface area (Å²) in [5.74, 6) is -0.363. The first-order chi connectivity index (χ1) is 14.2. The molecule has 0 spiro atoms. The molecule has 154 valence electrons. The minimum atomic E-state index is -3.78. The summed E-state index contributed by atoms with van der Waals surface area (Å²) < 4.78 is 37.2. The molecule has 2 aromatic heterocycles. The first kappa shape index (κ1) is 19.7. The molecule has 11 heteroatoms. The Labute approximate surface area is 171 Å². The zero-order valence-electron chi connectivity index (χ0n) is 16.1. The van der Waals surface area contributed by atoms with E-state index in [2.05, 4.69) is 25.5 Å². The van der Waals surface area contributed by atoms with Gasteiger partial charge in [0.05, 0.1) is 22.3 Å². The Bertz CT molecular complexity index is 1340. The van der Waals surface area contributed by atoms with Crippen LogP contribution in [0.25, 0.3) is 10.9 Å². The molecule has 0 saturated carbocycles. The number of anilines is 4. The quantitative estimate of drug-likeness (QED) is 0.446. The van der Waals surface area contributed by atoms with Crippen LogP contribution in [0.2, 0.25) is 0 Å². The molecule has 0 amide bonds. The van der Waals surface area contributed by atoms with Crippen LogP contribution in [0.3, 0.4) is 0 Å². The van der Waals surface area contributed by atoms with Crippen molar-refractivity contribution in [2.45, 2.75) is 11.8 Å². The number of halogens is 1. The summed E-state index contributed by atoms with van der Waals surface area (Å²) >= 11 is 0. The Kier molecular flexibility index (Phi) is 4.84. The summed E-state index contributed by atoms with van der Waals surface area (Å²) in [6.07, 6.45) is 1.07. The lowest BCUT2D eigenvalue weighted by Gasteiger charge is -2.19. The predicted molar refractivity (Wildman–Crippen MR) is 112 cm³/mol. The summed E-state index contributed by atoms with van der Waals surface area (Å²) in [5, 5.41) is 16.1. The largest absolute Gasteiger partial charge is 0.327 e. The van der Waals surface area contributed by atoms with Crippen LogP contribution < -0.4 is 15.4 Å².